The normalized spacial score (nSPS) is 35.1. The Labute approximate surface area is 112 Å². The third-order valence-electron chi connectivity index (χ3n) is 4.97. The average Bonchev–Trinajstić information content (AvgIpc) is 2.31. The molecule has 0 aromatic carbocycles. The molecule has 2 heteroatoms. The van der Waals surface area contributed by atoms with Crippen molar-refractivity contribution in [3.8, 4) is 0 Å². The van der Waals surface area contributed by atoms with E-state index < -0.39 is 0 Å². The monoisotopic (exact) mass is 251 g/mol. The van der Waals surface area contributed by atoms with Crippen LogP contribution in [0.2, 0.25) is 0 Å². The number of hydrogen-bond donors (Lipinski definition) is 0. The summed E-state index contributed by atoms with van der Waals surface area (Å²) in [5.41, 5.74) is 0. The second-order valence-electron chi connectivity index (χ2n) is 6.95. The number of likely N-dealkylation sites (tertiary alicyclic amines) is 1. The SMILES string of the molecule is CC1CCCN(CC2CC(C(C)C)CCC2=O)C1. The molecule has 3 atom stereocenters. The molecule has 0 aromatic heterocycles. The van der Waals surface area contributed by atoms with E-state index in [-0.39, 0.29) is 0 Å². The summed E-state index contributed by atoms with van der Waals surface area (Å²) in [6.07, 6.45) is 5.78. The van der Waals surface area contributed by atoms with Crippen molar-refractivity contribution in [1.29, 1.82) is 0 Å². The number of nitrogens with zero attached hydrogens (tertiary/aromatic N) is 1. The molecule has 2 aliphatic rings. The molecule has 1 saturated carbocycles. The summed E-state index contributed by atoms with van der Waals surface area (Å²) in [5, 5.41) is 0. The summed E-state index contributed by atoms with van der Waals surface area (Å²) in [7, 11) is 0. The highest BCUT2D eigenvalue weighted by atomic mass is 16.1. The van der Waals surface area contributed by atoms with Gasteiger partial charge >= 0.3 is 0 Å². The van der Waals surface area contributed by atoms with Crippen molar-refractivity contribution < 1.29 is 4.79 Å². The van der Waals surface area contributed by atoms with E-state index in [0.717, 1.165) is 43.6 Å². The summed E-state index contributed by atoms with van der Waals surface area (Å²) in [5.74, 6) is 3.19. The van der Waals surface area contributed by atoms with Crippen LogP contribution in [0.15, 0.2) is 0 Å². The smallest absolute Gasteiger partial charge is 0.137 e. The summed E-state index contributed by atoms with van der Waals surface area (Å²) < 4.78 is 0. The first-order valence-electron chi connectivity index (χ1n) is 7.81. The van der Waals surface area contributed by atoms with Crippen LogP contribution in [0.3, 0.4) is 0 Å². The van der Waals surface area contributed by atoms with E-state index in [4.69, 9.17) is 0 Å². The predicted octanol–water partition coefficient (Wildman–Crippen LogP) is 3.36. The first kappa shape index (κ1) is 14.0. The topological polar surface area (TPSA) is 20.3 Å². The Morgan fingerprint density at radius 1 is 1.33 bits per heavy atom. The van der Waals surface area contributed by atoms with Crippen LogP contribution < -0.4 is 0 Å². The molecule has 0 amide bonds. The largest absolute Gasteiger partial charge is 0.302 e. The molecular formula is C16H29NO. The van der Waals surface area contributed by atoms with Crippen molar-refractivity contribution in [3.63, 3.8) is 0 Å². The van der Waals surface area contributed by atoms with Crippen molar-refractivity contribution >= 4 is 5.78 Å². The van der Waals surface area contributed by atoms with E-state index in [1.165, 1.54) is 25.9 Å². The van der Waals surface area contributed by atoms with Gasteiger partial charge in [0.1, 0.15) is 5.78 Å². The second-order valence-corrected chi connectivity index (χ2v) is 6.95. The van der Waals surface area contributed by atoms with Gasteiger partial charge in [0.25, 0.3) is 0 Å². The van der Waals surface area contributed by atoms with Gasteiger partial charge in [-0.25, -0.2) is 0 Å². The molecule has 18 heavy (non-hydrogen) atoms. The second kappa shape index (κ2) is 6.18. The third kappa shape index (κ3) is 3.57. The fourth-order valence-electron chi connectivity index (χ4n) is 3.69. The van der Waals surface area contributed by atoms with E-state index >= 15 is 0 Å². The van der Waals surface area contributed by atoms with Crippen LogP contribution in [0.1, 0.15) is 52.9 Å². The number of ketones is 1. The lowest BCUT2D eigenvalue weighted by Gasteiger charge is -2.37. The molecule has 2 nitrogen and oxygen atoms in total. The van der Waals surface area contributed by atoms with Gasteiger partial charge in [-0.2, -0.15) is 0 Å². The lowest BCUT2D eigenvalue weighted by atomic mass is 9.75. The van der Waals surface area contributed by atoms with Crippen LogP contribution in [-0.2, 0) is 4.79 Å². The predicted molar refractivity (Wildman–Crippen MR) is 75.5 cm³/mol. The number of carbonyl (C=O) groups is 1. The lowest BCUT2D eigenvalue weighted by Crippen LogP contribution is -2.41. The van der Waals surface area contributed by atoms with Crippen LogP contribution in [0.25, 0.3) is 0 Å². The van der Waals surface area contributed by atoms with Crippen LogP contribution in [0.5, 0.6) is 0 Å². The minimum absolute atomic E-state index is 0.330. The minimum Gasteiger partial charge on any atom is -0.302 e. The molecule has 0 radical (unpaired) electrons. The van der Waals surface area contributed by atoms with Crippen LogP contribution >= 0.6 is 0 Å². The molecule has 0 N–H and O–H groups in total. The van der Waals surface area contributed by atoms with E-state index in [0.29, 0.717) is 11.7 Å². The van der Waals surface area contributed by atoms with Crippen molar-refractivity contribution in [2.45, 2.75) is 52.9 Å². The number of carbonyl (C=O) groups excluding carboxylic acids is 1. The Morgan fingerprint density at radius 2 is 2.11 bits per heavy atom. The maximum absolute atomic E-state index is 12.1. The molecule has 104 valence electrons. The molecule has 1 saturated heterocycles. The standard InChI is InChI=1S/C16H29NO/c1-12(2)14-6-7-16(18)15(9-14)11-17-8-4-5-13(3)10-17/h12-15H,4-11H2,1-3H3. The zero-order valence-corrected chi connectivity index (χ0v) is 12.3. The number of piperidine rings is 1. The molecule has 1 aliphatic carbocycles. The van der Waals surface area contributed by atoms with Gasteiger partial charge in [-0.1, -0.05) is 20.8 Å². The first-order valence-corrected chi connectivity index (χ1v) is 7.81. The molecule has 2 fully saturated rings. The number of hydrogen-bond acceptors (Lipinski definition) is 2. The zero-order valence-electron chi connectivity index (χ0n) is 12.3. The number of rotatable bonds is 3. The number of Topliss-reactive ketones (excluding diaryl/α,β-unsaturated/α-hetero) is 1. The van der Waals surface area contributed by atoms with Crippen molar-refractivity contribution in [2.75, 3.05) is 19.6 Å². The highest BCUT2D eigenvalue weighted by molar-refractivity contribution is 5.82. The Bertz CT molecular complexity index is 287. The minimum atomic E-state index is 0.330. The Morgan fingerprint density at radius 3 is 2.78 bits per heavy atom. The lowest BCUT2D eigenvalue weighted by molar-refractivity contribution is -0.126. The van der Waals surface area contributed by atoms with Gasteiger partial charge in [0, 0.05) is 25.4 Å². The van der Waals surface area contributed by atoms with Crippen molar-refractivity contribution in [1.82, 2.24) is 4.90 Å². The van der Waals surface area contributed by atoms with Crippen molar-refractivity contribution in [2.24, 2.45) is 23.7 Å². The maximum atomic E-state index is 12.1. The highest BCUT2D eigenvalue weighted by Crippen LogP contribution is 2.32. The van der Waals surface area contributed by atoms with Crippen LogP contribution in [0, 0.1) is 23.7 Å². The van der Waals surface area contributed by atoms with Gasteiger partial charge < -0.3 is 4.90 Å². The van der Waals surface area contributed by atoms with E-state index in [9.17, 15) is 4.79 Å². The molecule has 1 aliphatic heterocycles. The van der Waals surface area contributed by atoms with Gasteiger partial charge in [-0.15, -0.1) is 0 Å². The molecule has 0 spiro atoms. The maximum Gasteiger partial charge on any atom is 0.137 e. The van der Waals surface area contributed by atoms with Gasteiger partial charge in [-0.05, 0) is 50.0 Å². The van der Waals surface area contributed by atoms with Gasteiger partial charge in [-0.3, -0.25) is 4.79 Å². The Hall–Kier alpha value is -0.370. The molecule has 1 heterocycles. The first-order chi connectivity index (χ1) is 8.56. The molecule has 3 unspecified atom stereocenters. The third-order valence-corrected chi connectivity index (χ3v) is 4.97. The van der Waals surface area contributed by atoms with Crippen LogP contribution in [-0.4, -0.2) is 30.3 Å². The van der Waals surface area contributed by atoms with Gasteiger partial charge in [0.2, 0.25) is 0 Å². The van der Waals surface area contributed by atoms with Crippen LogP contribution in [0.4, 0.5) is 0 Å². The summed E-state index contributed by atoms with van der Waals surface area (Å²) in [6, 6.07) is 0. The quantitative estimate of drug-likeness (QED) is 0.766. The average molecular weight is 251 g/mol. The van der Waals surface area contributed by atoms with Gasteiger partial charge in [0.05, 0.1) is 0 Å². The summed E-state index contributed by atoms with van der Waals surface area (Å²) in [4.78, 5) is 14.6. The zero-order chi connectivity index (χ0) is 13.1. The molecule has 0 bridgehead atoms. The Balaban J connectivity index is 1.88. The fraction of sp³-hybridized carbons (Fsp3) is 0.938. The van der Waals surface area contributed by atoms with Gasteiger partial charge in [0.15, 0.2) is 0 Å². The highest BCUT2D eigenvalue weighted by Gasteiger charge is 2.32. The summed E-state index contributed by atoms with van der Waals surface area (Å²) in [6.45, 7) is 10.4. The molecular weight excluding hydrogens is 222 g/mol. The fourth-order valence-corrected chi connectivity index (χ4v) is 3.69. The van der Waals surface area contributed by atoms with E-state index in [2.05, 4.69) is 25.7 Å². The van der Waals surface area contributed by atoms with E-state index in [1.807, 2.05) is 0 Å². The molecule has 0 aromatic rings. The van der Waals surface area contributed by atoms with E-state index in [1.54, 1.807) is 0 Å². The van der Waals surface area contributed by atoms with Crippen molar-refractivity contribution in [3.05, 3.63) is 0 Å². The molecule has 2 rings (SSSR count). The Kier molecular flexibility index (Phi) is 4.83. The summed E-state index contributed by atoms with van der Waals surface area (Å²) >= 11 is 0.